The van der Waals surface area contributed by atoms with Crippen molar-refractivity contribution in [1.82, 2.24) is 14.5 Å². The van der Waals surface area contributed by atoms with E-state index in [1.807, 2.05) is 30.3 Å². The number of sulfonamides is 1. The summed E-state index contributed by atoms with van der Waals surface area (Å²) in [5.41, 5.74) is 0.731. The lowest BCUT2D eigenvalue weighted by atomic mass is 10.1. The van der Waals surface area contributed by atoms with Crippen molar-refractivity contribution in [2.45, 2.75) is 23.9 Å². The van der Waals surface area contributed by atoms with Crippen molar-refractivity contribution in [3.63, 3.8) is 0 Å². The van der Waals surface area contributed by atoms with Crippen molar-refractivity contribution in [2.24, 2.45) is 0 Å². The Morgan fingerprint density at radius 1 is 1.21 bits per heavy atom. The summed E-state index contributed by atoms with van der Waals surface area (Å²) >= 11 is 6.24. The normalized spacial score (nSPS) is 16.4. The SMILES string of the molecule is COC(=O)CC1C(=O)NCCN1C(=O)c1cc(S(=O)(=O)N(C)Cc2ccccc2)ccc1Cl. The molecule has 0 saturated carbocycles. The van der Waals surface area contributed by atoms with Crippen LogP contribution in [0.4, 0.5) is 0 Å². The average molecular weight is 494 g/mol. The molecule has 1 heterocycles. The van der Waals surface area contributed by atoms with Gasteiger partial charge in [-0.05, 0) is 23.8 Å². The van der Waals surface area contributed by atoms with Gasteiger partial charge in [0.25, 0.3) is 5.91 Å². The van der Waals surface area contributed by atoms with Crippen molar-refractivity contribution in [3.8, 4) is 0 Å². The van der Waals surface area contributed by atoms with E-state index >= 15 is 0 Å². The maximum atomic E-state index is 13.3. The molecule has 3 rings (SSSR count). The Labute approximate surface area is 197 Å². The summed E-state index contributed by atoms with van der Waals surface area (Å²) < 4.78 is 32.1. The van der Waals surface area contributed by atoms with Gasteiger partial charge in [0.05, 0.1) is 29.0 Å². The van der Waals surface area contributed by atoms with Crippen LogP contribution in [-0.4, -0.2) is 68.7 Å². The summed E-state index contributed by atoms with van der Waals surface area (Å²) in [6.07, 6.45) is -0.330. The Hall–Kier alpha value is -2.95. The molecular formula is C22H24ClN3O6S. The summed E-state index contributed by atoms with van der Waals surface area (Å²) in [5, 5.41) is 2.64. The topological polar surface area (TPSA) is 113 Å². The Morgan fingerprint density at radius 2 is 1.91 bits per heavy atom. The van der Waals surface area contributed by atoms with Crippen LogP contribution in [-0.2, 0) is 30.9 Å². The highest BCUT2D eigenvalue weighted by atomic mass is 35.5. The summed E-state index contributed by atoms with van der Waals surface area (Å²) in [6.45, 7) is 0.466. The minimum absolute atomic E-state index is 0.0347. The Morgan fingerprint density at radius 3 is 2.58 bits per heavy atom. The number of carbonyl (C=O) groups excluding carboxylic acids is 3. The van der Waals surface area contributed by atoms with E-state index in [2.05, 4.69) is 10.1 Å². The van der Waals surface area contributed by atoms with Crippen LogP contribution in [0.15, 0.2) is 53.4 Å². The lowest BCUT2D eigenvalue weighted by molar-refractivity contribution is -0.145. The van der Waals surface area contributed by atoms with Gasteiger partial charge in [-0.15, -0.1) is 0 Å². The van der Waals surface area contributed by atoms with Crippen molar-refractivity contribution >= 4 is 39.4 Å². The number of rotatable bonds is 7. The third-order valence-corrected chi connectivity index (χ3v) is 7.43. The second-order valence-corrected chi connectivity index (χ2v) is 9.93. The molecule has 2 amide bonds. The van der Waals surface area contributed by atoms with Crippen molar-refractivity contribution < 1.29 is 27.5 Å². The predicted octanol–water partition coefficient (Wildman–Crippen LogP) is 1.66. The van der Waals surface area contributed by atoms with Gasteiger partial charge in [-0.1, -0.05) is 41.9 Å². The van der Waals surface area contributed by atoms with Gasteiger partial charge in [0, 0.05) is 26.7 Å². The number of nitrogens with one attached hydrogen (secondary N) is 1. The summed E-state index contributed by atoms with van der Waals surface area (Å²) in [6, 6.07) is 11.9. The first-order chi connectivity index (χ1) is 15.6. The molecule has 1 aliphatic rings. The average Bonchev–Trinajstić information content (AvgIpc) is 2.80. The number of hydrogen-bond acceptors (Lipinski definition) is 6. The number of amides is 2. The maximum Gasteiger partial charge on any atom is 0.308 e. The summed E-state index contributed by atoms with van der Waals surface area (Å²) in [7, 11) is -1.31. The fourth-order valence-electron chi connectivity index (χ4n) is 3.49. The lowest BCUT2D eigenvalue weighted by Gasteiger charge is -2.34. The number of hydrogen-bond donors (Lipinski definition) is 1. The Bertz CT molecular complexity index is 1160. The number of carbonyl (C=O) groups is 3. The van der Waals surface area contributed by atoms with Gasteiger partial charge in [-0.3, -0.25) is 14.4 Å². The van der Waals surface area contributed by atoms with Crippen LogP contribution in [0.1, 0.15) is 22.3 Å². The van der Waals surface area contributed by atoms with E-state index in [9.17, 15) is 22.8 Å². The zero-order chi connectivity index (χ0) is 24.2. The molecule has 33 heavy (non-hydrogen) atoms. The smallest absolute Gasteiger partial charge is 0.308 e. The molecule has 1 N–H and O–H groups in total. The quantitative estimate of drug-likeness (QED) is 0.587. The fourth-order valence-corrected chi connectivity index (χ4v) is 4.87. The predicted molar refractivity (Wildman–Crippen MR) is 121 cm³/mol. The van der Waals surface area contributed by atoms with Crippen LogP contribution in [0, 0.1) is 0 Å². The van der Waals surface area contributed by atoms with E-state index in [0.717, 1.165) is 5.56 Å². The second kappa shape index (κ2) is 10.3. The maximum absolute atomic E-state index is 13.3. The van der Waals surface area contributed by atoms with Crippen LogP contribution in [0.25, 0.3) is 0 Å². The van der Waals surface area contributed by atoms with Crippen LogP contribution < -0.4 is 5.32 Å². The molecule has 2 aromatic carbocycles. The highest BCUT2D eigenvalue weighted by Gasteiger charge is 2.36. The van der Waals surface area contributed by atoms with E-state index in [0.29, 0.717) is 0 Å². The molecular weight excluding hydrogens is 470 g/mol. The van der Waals surface area contributed by atoms with E-state index in [-0.39, 0.29) is 41.5 Å². The van der Waals surface area contributed by atoms with Gasteiger partial charge in [-0.2, -0.15) is 4.31 Å². The molecule has 1 saturated heterocycles. The van der Waals surface area contributed by atoms with E-state index in [1.54, 1.807) is 0 Å². The molecule has 1 fully saturated rings. The van der Waals surface area contributed by atoms with Crippen LogP contribution in [0.5, 0.6) is 0 Å². The van der Waals surface area contributed by atoms with Crippen molar-refractivity contribution in [1.29, 1.82) is 0 Å². The minimum atomic E-state index is -3.94. The first-order valence-corrected chi connectivity index (χ1v) is 11.9. The number of halogens is 1. The van der Waals surface area contributed by atoms with Crippen molar-refractivity contribution in [2.75, 3.05) is 27.2 Å². The molecule has 9 nitrogen and oxygen atoms in total. The largest absolute Gasteiger partial charge is 0.469 e. The molecule has 176 valence electrons. The molecule has 0 aliphatic carbocycles. The zero-order valence-electron chi connectivity index (χ0n) is 18.2. The summed E-state index contributed by atoms with van der Waals surface area (Å²) in [5.74, 6) is -1.80. The van der Waals surface area contributed by atoms with Crippen LogP contribution in [0.2, 0.25) is 5.02 Å². The van der Waals surface area contributed by atoms with Crippen LogP contribution >= 0.6 is 11.6 Å². The third kappa shape index (κ3) is 5.52. The van der Waals surface area contributed by atoms with E-state index in [1.165, 1.54) is 41.6 Å². The first-order valence-electron chi connectivity index (χ1n) is 10.1. The number of nitrogens with zero attached hydrogens (tertiary/aromatic N) is 2. The highest BCUT2D eigenvalue weighted by molar-refractivity contribution is 7.89. The van der Waals surface area contributed by atoms with E-state index < -0.39 is 33.8 Å². The highest BCUT2D eigenvalue weighted by Crippen LogP contribution is 2.26. The molecule has 2 aromatic rings. The van der Waals surface area contributed by atoms with Gasteiger partial charge in [0.15, 0.2) is 0 Å². The van der Waals surface area contributed by atoms with Crippen molar-refractivity contribution in [3.05, 3.63) is 64.7 Å². The van der Waals surface area contributed by atoms with E-state index in [4.69, 9.17) is 11.6 Å². The molecule has 0 spiro atoms. The third-order valence-electron chi connectivity index (χ3n) is 5.30. The molecule has 1 atom stereocenters. The second-order valence-electron chi connectivity index (χ2n) is 7.47. The lowest BCUT2D eigenvalue weighted by Crippen LogP contribution is -2.57. The minimum Gasteiger partial charge on any atom is -0.469 e. The Balaban J connectivity index is 1.90. The fraction of sp³-hybridized carbons (Fsp3) is 0.318. The molecule has 0 radical (unpaired) electrons. The number of ether oxygens (including phenoxy) is 1. The number of benzene rings is 2. The molecule has 1 aliphatic heterocycles. The molecule has 11 heteroatoms. The summed E-state index contributed by atoms with van der Waals surface area (Å²) in [4.78, 5) is 38.5. The first kappa shape index (κ1) is 24.7. The number of esters is 1. The zero-order valence-corrected chi connectivity index (χ0v) is 19.7. The standard InChI is InChI=1S/C22H24ClN3O6S/c1-25(14-15-6-4-3-5-7-15)33(30,31)16-8-9-18(23)17(12-16)22(29)26-11-10-24-21(28)19(26)13-20(27)32-2/h3-9,12,19H,10-11,13-14H2,1-2H3,(H,24,28). The Kier molecular flexibility index (Phi) is 7.72. The van der Waals surface area contributed by atoms with Gasteiger partial charge >= 0.3 is 5.97 Å². The van der Waals surface area contributed by atoms with Gasteiger partial charge in [0.2, 0.25) is 15.9 Å². The van der Waals surface area contributed by atoms with Gasteiger partial charge in [-0.25, -0.2) is 8.42 Å². The number of piperazine rings is 1. The van der Waals surface area contributed by atoms with Gasteiger partial charge in [0.1, 0.15) is 6.04 Å². The molecule has 0 aromatic heterocycles. The van der Waals surface area contributed by atoms with Gasteiger partial charge < -0.3 is 15.0 Å². The monoisotopic (exact) mass is 493 g/mol. The molecule has 0 bridgehead atoms. The van der Waals surface area contributed by atoms with Crippen LogP contribution in [0.3, 0.4) is 0 Å². The molecule has 1 unspecified atom stereocenters. The number of methoxy groups -OCH3 is 1.